The molecule has 0 radical (unpaired) electrons. The number of nitrogens with zero attached hydrogens (tertiary/aromatic N) is 1. The Morgan fingerprint density at radius 3 is 2.60 bits per heavy atom. The Balaban J connectivity index is 1.91. The molecule has 2 amide bonds. The van der Waals surface area contributed by atoms with Gasteiger partial charge in [0.15, 0.2) is 0 Å². The summed E-state index contributed by atoms with van der Waals surface area (Å²) in [4.78, 5) is 26.2. The maximum absolute atomic E-state index is 11.7. The highest BCUT2D eigenvalue weighted by molar-refractivity contribution is 5.92. The molecule has 1 heterocycles. The average Bonchev–Trinajstić information content (AvgIpc) is 2.46. The van der Waals surface area contributed by atoms with E-state index in [0.717, 1.165) is 5.56 Å². The van der Waals surface area contributed by atoms with Crippen LogP contribution in [-0.2, 0) is 6.54 Å². The zero-order valence-corrected chi connectivity index (χ0v) is 10.5. The Kier molecular flexibility index (Phi) is 4.28. The van der Waals surface area contributed by atoms with Crippen LogP contribution >= 0.6 is 0 Å². The minimum Gasteiger partial charge on any atom is -0.478 e. The van der Waals surface area contributed by atoms with Crippen LogP contribution in [0.15, 0.2) is 48.8 Å². The van der Waals surface area contributed by atoms with Crippen molar-refractivity contribution in [3.8, 4) is 0 Å². The molecule has 2 rings (SSSR count). The summed E-state index contributed by atoms with van der Waals surface area (Å²) in [6.45, 7) is 0.388. The van der Waals surface area contributed by atoms with Crippen molar-refractivity contribution >= 4 is 17.7 Å². The largest absolute Gasteiger partial charge is 0.478 e. The van der Waals surface area contributed by atoms with Gasteiger partial charge in [-0.1, -0.05) is 30.3 Å². The number of urea groups is 1. The molecule has 0 bridgehead atoms. The van der Waals surface area contributed by atoms with Gasteiger partial charge in [-0.3, -0.25) is 4.98 Å². The number of anilines is 1. The van der Waals surface area contributed by atoms with Crippen molar-refractivity contribution in [2.45, 2.75) is 6.54 Å². The molecule has 1 aromatic carbocycles. The zero-order valence-electron chi connectivity index (χ0n) is 10.5. The number of nitrogens with one attached hydrogen (secondary N) is 2. The maximum atomic E-state index is 11.7. The Hall–Kier alpha value is -2.89. The summed E-state index contributed by atoms with van der Waals surface area (Å²) in [6.07, 6.45) is 2.60. The number of pyridine rings is 1. The smallest absolute Gasteiger partial charge is 0.337 e. The number of benzene rings is 1. The van der Waals surface area contributed by atoms with Crippen LogP contribution in [-0.4, -0.2) is 22.1 Å². The molecule has 102 valence electrons. The van der Waals surface area contributed by atoms with Crippen molar-refractivity contribution in [2.24, 2.45) is 0 Å². The van der Waals surface area contributed by atoms with Gasteiger partial charge in [0.2, 0.25) is 0 Å². The Bertz CT molecular complexity index is 614. The topological polar surface area (TPSA) is 91.3 Å². The first-order valence-electron chi connectivity index (χ1n) is 5.92. The molecular formula is C14H13N3O3. The monoisotopic (exact) mass is 271 g/mol. The molecule has 0 saturated carbocycles. The number of carboxylic acid groups (broad SMARTS) is 1. The normalized spacial score (nSPS) is 9.80. The number of hydrogen-bond acceptors (Lipinski definition) is 3. The zero-order chi connectivity index (χ0) is 14.4. The SMILES string of the molecule is O=C(NCc1ccccc1)Nc1cncc(C(=O)O)c1. The molecule has 2 aromatic rings. The summed E-state index contributed by atoms with van der Waals surface area (Å²) < 4.78 is 0. The van der Waals surface area contributed by atoms with Crippen LogP contribution < -0.4 is 10.6 Å². The van der Waals surface area contributed by atoms with Crippen LogP contribution in [0.5, 0.6) is 0 Å². The number of hydrogen-bond donors (Lipinski definition) is 3. The van der Waals surface area contributed by atoms with Gasteiger partial charge in [0, 0.05) is 12.7 Å². The van der Waals surface area contributed by atoms with E-state index in [1.807, 2.05) is 30.3 Å². The molecular weight excluding hydrogens is 258 g/mol. The van der Waals surface area contributed by atoms with Gasteiger partial charge in [0.05, 0.1) is 17.4 Å². The standard InChI is InChI=1S/C14H13N3O3/c18-13(19)11-6-12(9-15-8-11)17-14(20)16-7-10-4-2-1-3-5-10/h1-6,8-9H,7H2,(H,18,19)(H2,16,17,20). The van der Waals surface area contributed by atoms with Crippen LogP contribution in [0.2, 0.25) is 0 Å². The van der Waals surface area contributed by atoms with E-state index in [1.165, 1.54) is 18.5 Å². The minimum atomic E-state index is -1.09. The Morgan fingerprint density at radius 2 is 1.90 bits per heavy atom. The van der Waals surface area contributed by atoms with Gasteiger partial charge in [-0.15, -0.1) is 0 Å². The van der Waals surface area contributed by atoms with E-state index in [4.69, 9.17) is 5.11 Å². The van der Waals surface area contributed by atoms with Crippen molar-refractivity contribution in [1.82, 2.24) is 10.3 Å². The summed E-state index contributed by atoms with van der Waals surface area (Å²) >= 11 is 0. The molecule has 0 spiro atoms. The highest BCUT2D eigenvalue weighted by Gasteiger charge is 2.06. The summed E-state index contributed by atoms with van der Waals surface area (Å²) in [5.74, 6) is -1.09. The molecule has 0 aliphatic heterocycles. The second-order valence-corrected chi connectivity index (χ2v) is 4.06. The predicted octanol–water partition coefficient (Wildman–Crippen LogP) is 2.10. The summed E-state index contributed by atoms with van der Waals surface area (Å²) in [6, 6.07) is 10.4. The fourth-order valence-corrected chi connectivity index (χ4v) is 1.58. The van der Waals surface area contributed by atoms with Crippen molar-refractivity contribution < 1.29 is 14.7 Å². The molecule has 20 heavy (non-hydrogen) atoms. The van der Waals surface area contributed by atoms with Gasteiger partial charge in [-0.25, -0.2) is 9.59 Å². The minimum absolute atomic E-state index is 0.0193. The summed E-state index contributed by atoms with van der Waals surface area (Å²) in [5.41, 5.74) is 1.32. The first-order chi connectivity index (χ1) is 9.65. The molecule has 0 saturated heterocycles. The third kappa shape index (κ3) is 3.81. The van der Waals surface area contributed by atoms with Gasteiger partial charge in [0.25, 0.3) is 0 Å². The van der Waals surface area contributed by atoms with E-state index in [1.54, 1.807) is 0 Å². The number of carbonyl (C=O) groups is 2. The van der Waals surface area contributed by atoms with Crippen molar-refractivity contribution in [3.63, 3.8) is 0 Å². The summed E-state index contributed by atoms with van der Waals surface area (Å²) in [5, 5.41) is 14.0. The van der Waals surface area contributed by atoms with E-state index in [2.05, 4.69) is 15.6 Å². The first kappa shape index (κ1) is 13.5. The lowest BCUT2D eigenvalue weighted by Crippen LogP contribution is -2.28. The van der Waals surface area contributed by atoms with Gasteiger partial charge in [-0.2, -0.15) is 0 Å². The number of carbonyl (C=O) groups excluding carboxylic acids is 1. The number of aromatic carboxylic acids is 1. The van der Waals surface area contributed by atoms with Crippen LogP contribution in [0.4, 0.5) is 10.5 Å². The van der Waals surface area contributed by atoms with Gasteiger partial charge in [0.1, 0.15) is 0 Å². The molecule has 6 nitrogen and oxygen atoms in total. The van der Waals surface area contributed by atoms with E-state index < -0.39 is 12.0 Å². The van der Waals surface area contributed by atoms with Crippen LogP contribution in [0, 0.1) is 0 Å². The van der Waals surface area contributed by atoms with Crippen molar-refractivity contribution in [3.05, 3.63) is 59.9 Å². The fraction of sp³-hybridized carbons (Fsp3) is 0.0714. The van der Waals surface area contributed by atoms with Crippen molar-refractivity contribution in [1.29, 1.82) is 0 Å². The van der Waals surface area contributed by atoms with Crippen LogP contribution in [0.1, 0.15) is 15.9 Å². The van der Waals surface area contributed by atoms with E-state index in [-0.39, 0.29) is 5.56 Å². The van der Waals surface area contributed by atoms with E-state index >= 15 is 0 Å². The molecule has 0 unspecified atom stereocenters. The number of rotatable bonds is 4. The average molecular weight is 271 g/mol. The number of carboxylic acids is 1. The Morgan fingerprint density at radius 1 is 1.15 bits per heavy atom. The highest BCUT2D eigenvalue weighted by Crippen LogP contribution is 2.08. The van der Waals surface area contributed by atoms with Gasteiger partial charge < -0.3 is 15.7 Å². The molecule has 0 aliphatic rings. The van der Waals surface area contributed by atoms with Crippen molar-refractivity contribution in [2.75, 3.05) is 5.32 Å². The molecule has 1 aromatic heterocycles. The van der Waals surface area contributed by atoms with E-state index in [9.17, 15) is 9.59 Å². The molecule has 0 atom stereocenters. The molecule has 3 N–H and O–H groups in total. The fourth-order valence-electron chi connectivity index (χ4n) is 1.58. The molecule has 6 heteroatoms. The highest BCUT2D eigenvalue weighted by atomic mass is 16.4. The lowest BCUT2D eigenvalue weighted by Gasteiger charge is -2.07. The maximum Gasteiger partial charge on any atom is 0.337 e. The van der Waals surface area contributed by atoms with Crippen LogP contribution in [0.3, 0.4) is 0 Å². The molecule has 0 fully saturated rings. The van der Waals surface area contributed by atoms with Gasteiger partial charge in [-0.05, 0) is 11.6 Å². The van der Waals surface area contributed by atoms with Gasteiger partial charge >= 0.3 is 12.0 Å². The quantitative estimate of drug-likeness (QED) is 0.794. The second kappa shape index (κ2) is 6.33. The molecule has 0 aliphatic carbocycles. The lowest BCUT2D eigenvalue weighted by atomic mass is 10.2. The van der Waals surface area contributed by atoms with Crippen LogP contribution in [0.25, 0.3) is 0 Å². The Labute approximate surface area is 115 Å². The number of amides is 2. The first-order valence-corrected chi connectivity index (χ1v) is 5.92. The predicted molar refractivity (Wildman–Crippen MR) is 73.5 cm³/mol. The second-order valence-electron chi connectivity index (χ2n) is 4.06. The van der Waals surface area contributed by atoms with E-state index in [0.29, 0.717) is 12.2 Å². The number of aromatic nitrogens is 1. The third-order valence-corrected chi connectivity index (χ3v) is 2.54. The summed E-state index contributed by atoms with van der Waals surface area (Å²) in [7, 11) is 0. The lowest BCUT2D eigenvalue weighted by molar-refractivity contribution is 0.0696. The third-order valence-electron chi connectivity index (χ3n) is 2.54.